The summed E-state index contributed by atoms with van der Waals surface area (Å²) in [5.74, 6) is 2.15. The molecule has 1 saturated heterocycles. The first kappa shape index (κ1) is 18.3. The van der Waals surface area contributed by atoms with Crippen LogP contribution in [-0.4, -0.2) is 19.0 Å². The van der Waals surface area contributed by atoms with Gasteiger partial charge in [-0.15, -0.1) is 12.4 Å². The molecule has 2 N–H and O–H groups in total. The van der Waals surface area contributed by atoms with E-state index >= 15 is 0 Å². The van der Waals surface area contributed by atoms with Crippen molar-refractivity contribution in [3.8, 4) is 11.5 Å². The predicted molar refractivity (Wildman–Crippen MR) is 99.0 cm³/mol. The van der Waals surface area contributed by atoms with Crippen molar-refractivity contribution in [3.05, 3.63) is 54.6 Å². The largest absolute Gasteiger partial charge is 0.457 e. The number of hydrogen-bond acceptors (Lipinski definition) is 3. The molecule has 1 aliphatic rings. The van der Waals surface area contributed by atoms with Crippen LogP contribution in [0.5, 0.6) is 11.5 Å². The molecule has 1 heterocycles. The highest BCUT2D eigenvalue weighted by Crippen LogP contribution is 2.23. The van der Waals surface area contributed by atoms with Gasteiger partial charge in [0.15, 0.2) is 0 Å². The second-order valence-electron chi connectivity index (χ2n) is 5.89. The first-order valence-electron chi connectivity index (χ1n) is 8.13. The van der Waals surface area contributed by atoms with E-state index in [4.69, 9.17) is 4.74 Å². The lowest BCUT2D eigenvalue weighted by Crippen LogP contribution is -2.30. The van der Waals surface area contributed by atoms with Crippen LogP contribution >= 0.6 is 12.4 Å². The van der Waals surface area contributed by atoms with Gasteiger partial charge in [0.1, 0.15) is 11.5 Å². The van der Waals surface area contributed by atoms with Gasteiger partial charge in [-0.05, 0) is 68.2 Å². The van der Waals surface area contributed by atoms with Gasteiger partial charge in [0.05, 0.1) is 0 Å². The molecule has 24 heavy (non-hydrogen) atoms. The normalized spacial score (nSPS) is 14.5. The van der Waals surface area contributed by atoms with Crippen molar-refractivity contribution in [2.45, 2.75) is 19.3 Å². The number of para-hydroxylation sites is 1. The Morgan fingerprint density at radius 1 is 1.00 bits per heavy atom. The summed E-state index contributed by atoms with van der Waals surface area (Å²) in [7, 11) is 0. The minimum atomic E-state index is 0. The molecule has 4 nitrogen and oxygen atoms in total. The zero-order chi connectivity index (χ0) is 15.9. The van der Waals surface area contributed by atoms with Gasteiger partial charge >= 0.3 is 0 Å². The fourth-order valence-corrected chi connectivity index (χ4v) is 2.79. The van der Waals surface area contributed by atoms with Gasteiger partial charge in [0, 0.05) is 12.1 Å². The first-order valence-corrected chi connectivity index (χ1v) is 8.13. The highest BCUT2D eigenvalue weighted by atomic mass is 35.5. The lowest BCUT2D eigenvalue weighted by molar-refractivity contribution is -0.117. The molecule has 1 fully saturated rings. The van der Waals surface area contributed by atoms with Gasteiger partial charge in [0.25, 0.3) is 0 Å². The number of carbonyl (C=O) groups is 1. The minimum absolute atomic E-state index is 0. The van der Waals surface area contributed by atoms with Crippen molar-refractivity contribution in [1.82, 2.24) is 5.32 Å². The van der Waals surface area contributed by atoms with Crippen LogP contribution < -0.4 is 15.4 Å². The van der Waals surface area contributed by atoms with E-state index in [0.29, 0.717) is 12.3 Å². The average molecular weight is 347 g/mol. The van der Waals surface area contributed by atoms with Crippen molar-refractivity contribution >= 4 is 24.0 Å². The minimum Gasteiger partial charge on any atom is -0.457 e. The van der Waals surface area contributed by atoms with E-state index in [9.17, 15) is 4.79 Å². The third-order valence-corrected chi connectivity index (χ3v) is 4.05. The van der Waals surface area contributed by atoms with Crippen molar-refractivity contribution in [2.24, 2.45) is 5.92 Å². The highest BCUT2D eigenvalue weighted by molar-refractivity contribution is 5.90. The third kappa shape index (κ3) is 5.55. The highest BCUT2D eigenvalue weighted by Gasteiger charge is 2.16. The summed E-state index contributed by atoms with van der Waals surface area (Å²) in [4.78, 5) is 12.1. The van der Waals surface area contributed by atoms with Crippen molar-refractivity contribution < 1.29 is 9.53 Å². The molecular formula is C19H23ClN2O2. The Hall–Kier alpha value is -2.04. The number of ether oxygens (including phenoxy) is 1. The number of anilines is 1. The average Bonchev–Trinajstić information content (AvgIpc) is 2.58. The van der Waals surface area contributed by atoms with Crippen LogP contribution in [0.15, 0.2) is 54.6 Å². The quantitative estimate of drug-likeness (QED) is 0.851. The zero-order valence-corrected chi connectivity index (χ0v) is 14.4. The Bertz CT molecular complexity index is 626. The van der Waals surface area contributed by atoms with E-state index in [1.54, 1.807) is 0 Å². The van der Waals surface area contributed by atoms with Crippen LogP contribution in [-0.2, 0) is 4.79 Å². The van der Waals surface area contributed by atoms with Crippen LogP contribution in [0, 0.1) is 5.92 Å². The SMILES string of the molecule is Cl.O=C(CC1CCNCC1)Nc1ccc(Oc2ccccc2)cc1. The van der Waals surface area contributed by atoms with Gasteiger partial charge in [-0.3, -0.25) is 4.79 Å². The lowest BCUT2D eigenvalue weighted by Gasteiger charge is -2.21. The fourth-order valence-electron chi connectivity index (χ4n) is 2.79. The Balaban J connectivity index is 0.00000208. The van der Waals surface area contributed by atoms with Crippen LogP contribution in [0.25, 0.3) is 0 Å². The Morgan fingerprint density at radius 3 is 2.29 bits per heavy atom. The molecule has 0 radical (unpaired) electrons. The van der Waals surface area contributed by atoms with Gasteiger partial charge in [-0.2, -0.15) is 0 Å². The number of nitrogens with one attached hydrogen (secondary N) is 2. The molecule has 1 aliphatic heterocycles. The molecule has 0 saturated carbocycles. The van der Waals surface area contributed by atoms with E-state index in [-0.39, 0.29) is 18.3 Å². The topological polar surface area (TPSA) is 50.4 Å². The summed E-state index contributed by atoms with van der Waals surface area (Å²) in [6.45, 7) is 2.03. The number of benzene rings is 2. The molecular weight excluding hydrogens is 324 g/mol. The molecule has 0 bridgehead atoms. The second-order valence-corrected chi connectivity index (χ2v) is 5.89. The van der Waals surface area contributed by atoms with Gasteiger partial charge in [-0.1, -0.05) is 18.2 Å². The van der Waals surface area contributed by atoms with Crippen molar-refractivity contribution in [3.63, 3.8) is 0 Å². The Morgan fingerprint density at radius 2 is 1.62 bits per heavy atom. The molecule has 0 aliphatic carbocycles. The van der Waals surface area contributed by atoms with Gasteiger partial charge in [-0.25, -0.2) is 0 Å². The summed E-state index contributed by atoms with van der Waals surface area (Å²) in [5, 5.41) is 6.28. The molecule has 0 spiro atoms. The summed E-state index contributed by atoms with van der Waals surface area (Å²) in [6, 6.07) is 17.1. The number of piperidine rings is 1. The third-order valence-electron chi connectivity index (χ3n) is 4.05. The van der Waals surface area contributed by atoms with Gasteiger partial charge < -0.3 is 15.4 Å². The maximum Gasteiger partial charge on any atom is 0.224 e. The lowest BCUT2D eigenvalue weighted by atomic mass is 9.94. The molecule has 2 aromatic rings. The molecule has 3 rings (SSSR count). The van der Waals surface area contributed by atoms with Crippen molar-refractivity contribution in [1.29, 1.82) is 0 Å². The monoisotopic (exact) mass is 346 g/mol. The maximum absolute atomic E-state index is 12.1. The summed E-state index contributed by atoms with van der Waals surface area (Å²) in [6.07, 6.45) is 2.76. The van der Waals surface area contributed by atoms with E-state index < -0.39 is 0 Å². The number of amides is 1. The number of halogens is 1. The standard InChI is InChI=1S/C19H22N2O2.ClH/c22-19(14-15-10-12-20-13-11-15)21-16-6-8-18(9-7-16)23-17-4-2-1-3-5-17;/h1-9,15,20H,10-14H2,(H,21,22);1H. The molecule has 0 unspecified atom stereocenters. The fraction of sp³-hybridized carbons (Fsp3) is 0.316. The van der Waals surface area contributed by atoms with E-state index in [1.807, 2.05) is 54.6 Å². The summed E-state index contributed by atoms with van der Waals surface area (Å²) >= 11 is 0. The van der Waals surface area contributed by atoms with E-state index in [1.165, 1.54) is 0 Å². The van der Waals surface area contributed by atoms with Crippen LogP contribution in [0.4, 0.5) is 5.69 Å². The number of hydrogen-bond donors (Lipinski definition) is 2. The molecule has 128 valence electrons. The first-order chi connectivity index (χ1) is 11.3. The number of carbonyl (C=O) groups excluding carboxylic acids is 1. The maximum atomic E-state index is 12.1. The molecule has 2 aromatic carbocycles. The zero-order valence-electron chi connectivity index (χ0n) is 13.5. The Kier molecular flexibility index (Phi) is 7.09. The van der Waals surface area contributed by atoms with Gasteiger partial charge in [0.2, 0.25) is 5.91 Å². The second kappa shape index (κ2) is 9.30. The van der Waals surface area contributed by atoms with E-state index in [2.05, 4.69) is 10.6 Å². The number of rotatable bonds is 5. The van der Waals surface area contributed by atoms with Crippen LogP contribution in [0.2, 0.25) is 0 Å². The molecule has 0 aromatic heterocycles. The van der Waals surface area contributed by atoms with Crippen LogP contribution in [0.1, 0.15) is 19.3 Å². The van der Waals surface area contributed by atoms with E-state index in [0.717, 1.165) is 43.1 Å². The molecule has 0 atom stereocenters. The predicted octanol–water partition coefficient (Wildman–Crippen LogP) is 4.23. The van der Waals surface area contributed by atoms with Crippen LogP contribution in [0.3, 0.4) is 0 Å². The smallest absolute Gasteiger partial charge is 0.224 e. The van der Waals surface area contributed by atoms with Crippen molar-refractivity contribution in [2.75, 3.05) is 18.4 Å². The molecule has 1 amide bonds. The Labute approximate surface area is 149 Å². The summed E-state index contributed by atoms with van der Waals surface area (Å²) in [5.41, 5.74) is 0.810. The summed E-state index contributed by atoms with van der Waals surface area (Å²) < 4.78 is 5.74. The molecule has 5 heteroatoms.